The molecule has 1 N–H and O–H groups in total. The number of aromatic amines is 1. The maximum Gasteiger partial charge on any atom is 0.343 e. The zero-order chi connectivity index (χ0) is 17.8. The van der Waals surface area contributed by atoms with Crippen LogP contribution in [-0.2, 0) is 4.74 Å². The van der Waals surface area contributed by atoms with Gasteiger partial charge in [0.05, 0.1) is 19.1 Å². The lowest BCUT2D eigenvalue weighted by Crippen LogP contribution is -2.18. The van der Waals surface area contributed by atoms with Crippen molar-refractivity contribution in [1.82, 2.24) is 4.98 Å². The van der Waals surface area contributed by atoms with Crippen molar-refractivity contribution in [3.05, 3.63) is 64.4 Å². The third-order valence-corrected chi connectivity index (χ3v) is 3.64. The van der Waals surface area contributed by atoms with Crippen molar-refractivity contribution in [3.63, 3.8) is 0 Å². The summed E-state index contributed by atoms with van der Waals surface area (Å²) in [5.74, 6) is 0.921. The number of hydrogen-bond acceptors (Lipinski definition) is 5. The van der Waals surface area contributed by atoms with E-state index in [-0.39, 0.29) is 12.2 Å². The van der Waals surface area contributed by atoms with Gasteiger partial charge in [-0.1, -0.05) is 12.1 Å². The van der Waals surface area contributed by atoms with Crippen molar-refractivity contribution in [2.75, 3.05) is 13.7 Å². The fraction of sp³-hybridized carbons (Fsp3) is 0.158. The second kappa shape index (κ2) is 7.09. The van der Waals surface area contributed by atoms with Crippen molar-refractivity contribution in [1.29, 1.82) is 0 Å². The lowest BCUT2D eigenvalue weighted by atomic mass is 10.1. The number of nitrogens with one attached hydrogen (secondary N) is 1. The van der Waals surface area contributed by atoms with E-state index in [1.165, 1.54) is 6.20 Å². The smallest absolute Gasteiger partial charge is 0.343 e. The molecule has 0 bridgehead atoms. The number of carbonyl (C=O) groups excluding carboxylic acids is 1. The summed E-state index contributed by atoms with van der Waals surface area (Å²) in [5.41, 5.74) is 0.159. The Morgan fingerprint density at radius 2 is 1.88 bits per heavy atom. The minimum absolute atomic E-state index is 0.0382. The molecule has 0 unspecified atom stereocenters. The number of para-hydroxylation sites is 2. The number of rotatable bonds is 5. The Kier molecular flexibility index (Phi) is 4.70. The summed E-state index contributed by atoms with van der Waals surface area (Å²) in [6.45, 7) is 1.89. The van der Waals surface area contributed by atoms with Crippen LogP contribution < -0.4 is 14.9 Å². The number of benzene rings is 2. The molecule has 0 aliphatic carbocycles. The first-order valence-corrected chi connectivity index (χ1v) is 7.77. The number of H-pyrrole nitrogens is 1. The van der Waals surface area contributed by atoms with Gasteiger partial charge in [0.15, 0.2) is 11.5 Å². The summed E-state index contributed by atoms with van der Waals surface area (Å²) in [4.78, 5) is 27.4. The van der Waals surface area contributed by atoms with Crippen molar-refractivity contribution in [2.24, 2.45) is 0 Å². The van der Waals surface area contributed by atoms with Crippen LogP contribution >= 0.6 is 0 Å². The molecular formula is C19H17NO5. The van der Waals surface area contributed by atoms with Crippen LogP contribution in [0.25, 0.3) is 10.9 Å². The van der Waals surface area contributed by atoms with Crippen LogP contribution in [0.3, 0.4) is 0 Å². The van der Waals surface area contributed by atoms with Gasteiger partial charge < -0.3 is 19.2 Å². The van der Waals surface area contributed by atoms with Gasteiger partial charge in [0.25, 0.3) is 0 Å². The topological polar surface area (TPSA) is 77.6 Å². The average Bonchev–Trinajstić information content (AvgIpc) is 2.63. The highest BCUT2D eigenvalue weighted by atomic mass is 16.5. The zero-order valence-electron chi connectivity index (χ0n) is 13.9. The molecule has 25 heavy (non-hydrogen) atoms. The van der Waals surface area contributed by atoms with E-state index in [0.717, 1.165) is 0 Å². The molecule has 128 valence electrons. The fourth-order valence-electron chi connectivity index (χ4n) is 2.45. The van der Waals surface area contributed by atoms with Crippen molar-refractivity contribution in [3.8, 4) is 17.2 Å². The van der Waals surface area contributed by atoms with Gasteiger partial charge in [0, 0.05) is 11.7 Å². The summed E-state index contributed by atoms with van der Waals surface area (Å²) < 4.78 is 16.0. The summed E-state index contributed by atoms with van der Waals surface area (Å²) >= 11 is 0. The van der Waals surface area contributed by atoms with E-state index in [4.69, 9.17) is 14.2 Å². The fourth-order valence-corrected chi connectivity index (χ4v) is 2.45. The number of pyridine rings is 1. The predicted octanol–water partition coefficient (Wildman–Crippen LogP) is 3.51. The van der Waals surface area contributed by atoms with E-state index in [1.54, 1.807) is 44.4 Å². The normalized spacial score (nSPS) is 10.5. The van der Waals surface area contributed by atoms with Gasteiger partial charge in [-0.3, -0.25) is 4.79 Å². The Bertz CT molecular complexity index is 977. The zero-order valence-corrected chi connectivity index (χ0v) is 13.9. The Labute approximate surface area is 144 Å². The molecule has 0 fully saturated rings. The first kappa shape index (κ1) is 16.6. The van der Waals surface area contributed by atoms with Gasteiger partial charge in [-0.05, 0) is 37.3 Å². The molecule has 0 saturated heterocycles. The molecule has 0 saturated carbocycles. The standard InChI is InChI=1S/C19H17NO5/c1-3-24-19(22)14-11-20-15-9-8-12(10-13(15)18(14)21)25-17-7-5-4-6-16(17)23-2/h4-11H,3H2,1-2H3,(H,20,21). The maximum absolute atomic E-state index is 12.6. The molecule has 0 spiro atoms. The summed E-state index contributed by atoms with van der Waals surface area (Å²) in [7, 11) is 1.55. The summed E-state index contributed by atoms with van der Waals surface area (Å²) in [6, 6.07) is 12.2. The molecule has 6 heteroatoms. The van der Waals surface area contributed by atoms with Crippen LogP contribution in [0, 0.1) is 0 Å². The van der Waals surface area contributed by atoms with Gasteiger partial charge in [-0.25, -0.2) is 4.79 Å². The third kappa shape index (κ3) is 3.33. The number of esters is 1. The van der Waals surface area contributed by atoms with Crippen LogP contribution in [0.1, 0.15) is 17.3 Å². The molecule has 0 atom stereocenters. The van der Waals surface area contributed by atoms with Gasteiger partial charge >= 0.3 is 5.97 Å². The molecular weight excluding hydrogens is 322 g/mol. The van der Waals surface area contributed by atoms with E-state index in [0.29, 0.717) is 28.2 Å². The van der Waals surface area contributed by atoms with Crippen LogP contribution in [0.5, 0.6) is 17.2 Å². The summed E-state index contributed by atoms with van der Waals surface area (Å²) in [5, 5.41) is 0.345. The van der Waals surface area contributed by atoms with Crippen LogP contribution in [0.4, 0.5) is 0 Å². The van der Waals surface area contributed by atoms with Crippen LogP contribution in [-0.4, -0.2) is 24.7 Å². The molecule has 6 nitrogen and oxygen atoms in total. The van der Waals surface area contributed by atoms with Gasteiger partial charge in [-0.2, -0.15) is 0 Å². The van der Waals surface area contributed by atoms with Gasteiger partial charge in [-0.15, -0.1) is 0 Å². The molecule has 3 aromatic rings. The molecule has 2 aromatic carbocycles. The predicted molar refractivity (Wildman–Crippen MR) is 93.6 cm³/mol. The van der Waals surface area contributed by atoms with E-state index in [9.17, 15) is 9.59 Å². The Balaban J connectivity index is 2.02. The lowest BCUT2D eigenvalue weighted by molar-refractivity contribution is 0.0524. The molecule has 3 rings (SSSR count). The largest absolute Gasteiger partial charge is 0.493 e. The van der Waals surface area contributed by atoms with Gasteiger partial charge in [0.2, 0.25) is 5.43 Å². The molecule has 0 aliphatic rings. The van der Waals surface area contributed by atoms with Crippen LogP contribution in [0.15, 0.2) is 53.5 Å². The highest BCUT2D eigenvalue weighted by Gasteiger charge is 2.15. The lowest BCUT2D eigenvalue weighted by Gasteiger charge is -2.10. The highest BCUT2D eigenvalue weighted by Crippen LogP contribution is 2.31. The van der Waals surface area contributed by atoms with Gasteiger partial charge in [0.1, 0.15) is 11.3 Å². The Morgan fingerprint density at radius 3 is 2.60 bits per heavy atom. The van der Waals surface area contributed by atoms with E-state index < -0.39 is 11.4 Å². The highest BCUT2D eigenvalue weighted by molar-refractivity contribution is 5.93. The van der Waals surface area contributed by atoms with E-state index >= 15 is 0 Å². The third-order valence-electron chi connectivity index (χ3n) is 3.64. The number of methoxy groups -OCH3 is 1. The number of aromatic nitrogens is 1. The van der Waals surface area contributed by atoms with Crippen LogP contribution in [0.2, 0.25) is 0 Å². The number of ether oxygens (including phenoxy) is 3. The first-order chi connectivity index (χ1) is 12.1. The number of fused-ring (bicyclic) bond motifs is 1. The van der Waals surface area contributed by atoms with Crippen molar-refractivity contribution >= 4 is 16.9 Å². The van der Waals surface area contributed by atoms with Crippen molar-refractivity contribution in [2.45, 2.75) is 6.92 Å². The number of hydrogen-bond donors (Lipinski definition) is 1. The Hall–Kier alpha value is -3.28. The molecule has 0 radical (unpaired) electrons. The quantitative estimate of drug-likeness (QED) is 0.720. The minimum atomic E-state index is -0.651. The second-order valence-corrected chi connectivity index (χ2v) is 5.21. The van der Waals surface area contributed by atoms with E-state index in [1.807, 2.05) is 12.1 Å². The monoisotopic (exact) mass is 339 g/mol. The number of carbonyl (C=O) groups is 1. The second-order valence-electron chi connectivity index (χ2n) is 5.21. The summed E-state index contributed by atoms with van der Waals surface area (Å²) in [6.07, 6.45) is 1.36. The van der Waals surface area contributed by atoms with E-state index in [2.05, 4.69) is 4.98 Å². The SMILES string of the molecule is CCOC(=O)c1c[nH]c2ccc(Oc3ccccc3OC)cc2c1=O. The van der Waals surface area contributed by atoms with Crippen molar-refractivity contribution < 1.29 is 19.0 Å². The molecule has 0 amide bonds. The molecule has 0 aliphatic heterocycles. The minimum Gasteiger partial charge on any atom is -0.493 e. The Morgan fingerprint density at radius 1 is 1.12 bits per heavy atom. The molecule has 1 heterocycles. The molecule has 1 aromatic heterocycles. The maximum atomic E-state index is 12.6. The first-order valence-electron chi connectivity index (χ1n) is 7.77. The average molecular weight is 339 g/mol.